The number of aromatic hydroxyl groups is 1. The molecular weight excluding hydrogens is 350 g/mol. The van der Waals surface area contributed by atoms with Crippen LogP contribution in [0.4, 0.5) is 0 Å². The molecule has 0 spiro atoms. The molecule has 1 atom stereocenters. The van der Waals surface area contributed by atoms with E-state index in [1.807, 2.05) is 6.26 Å². The summed E-state index contributed by atoms with van der Waals surface area (Å²) in [5, 5.41) is 9.47. The summed E-state index contributed by atoms with van der Waals surface area (Å²) in [4.78, 5) is 28.1. The average Bonchev–Trinajstić information content (AvgIpc) is 2.58. The van der Waals surface area contributed by atoms with E-state index in [2.05, 4.69) is 0 Å². The van der Waals surface area contributed by atoms with E-state index in [9.17, 15) is 14.7 Å². The summed E-state index contributed by atoms with van der Waals surface area (Å²) >= 11 is 1.67. The van der Waals surface area contributed by atoms with Crippen LogP contribution in [0.2, 0.25) is 0 Å². The molecule has 2 rings (SSSR count). The molecule has 0 saturated carbocycles. The van der Waals surface area contributed by atoms with Crippen LogP contribution in [0.5, 0.6) is 5.75 Å². The van der Waals surface area contributed by atoms with Crippen molar-refractivity contribution in [2.75, 3.05) is 38.2 Å². The fourth-order valence-corrected chi connectivity index (χ4v) is 3.04. The molecule has 0 bridgehead atoms. The second kappa shape index (κ2) is 9.76. The van der Waals surface area contributed by atoms with Crippen molar-refractivity contribution in [3.8, 4) is 5.75 Å². The lowest BCUT2D eigenvalue weighted by atomic mass is 10.1. The summed E-state index contributed by atoms with van der Waals surface area (Å²) in [5.74, 6) is 0.774. The minimum absolute atomic E-state index is 0. The van der Waals surface area contributed by atoms with Crippen LogP contribution < -0.4 is 5.73 Å². The van der Waals surface area contributed by atoms with Crippen LogP contribution in [0.3, 0.4) is 0 Å². The molecule has 1 heterocycles. The first kappa shape index (κ1) is 20.6. The number of hydrogen-bond acceptors (Lipinski definition) is 5. The number of carbonyl (C=O) groups excluding carboxylic acids is 2. The first-order chi connectivity index (χ1) is 11.0. The van der Waals surface area contributed by atoms with Crippen LogP contribution in [0.15, 0.2) is 24.3 Å². The molecule has 1 aliphatic rings. The molecule has 24 heavy (non-hydrogen) atoms. The van der Waals surface area contributed by atoms with Gasteiger partial charge in [0, 0.05) is 31.7 Å². The molecule has 1 saturated heterocycles. The molecule has 1 fully saturated rings. The highest BCUT2D eigenvalue weighted by Crippen LogP contribution is 2.15. The van der Waals surface area contributed by atoms with Gasteiger partial charge in [0.25, 0.3) is 5.91 Å². The summed E-state index contributed by atoms with van der Waals surface area (Å²) in [7, 11) is 0. The van der Waals surface area contributed by atoms with E-state index in [1.54, 1.807) is 33.7 Å². The summed E-state index contributed by atoms with van der Waals surface area (Å²) < 4.78 is 0. The van der Waals surface area contributed by atoms with Crippen LogP contribution in [-0.2, 0) is 4.79 Å². The molecule has 6 nitrogen and oxygen atoms in total. The Morgan fingerprint density at radius 2 is 1.88 bits per heavy atom. The summed E-state index contributed by atoms with van der Waals surface area (Å²) in [6.45, 7) is 1.96. The molecule has 8 heteroatoms. The van der Waals surface area contributed by atoms with Crippen molar-refractivity contribution < 1.29 is 14.7 Å². The number of phenols is 1. The smallest absolute Gasteiger partial charge is 0.254 e. The van der Waals surface area contributed by atoms with Gasteiger partial charge >= 0.3 is 0 Å². The van der Waals surface area contributed by atoms with Gasteiger partial charge in [0.2, 0.25) is 5.91 Å². The highest BCUT2D eigenvalue weighted by molar-refractivity contribution is 7.98. The second-order valence-corrected chi connectivity index (χ2v) is 6.54. The summed E-state index contributed by atoms with van der Waals surface area (Å²) in [6, 6.07) is 5.85. The fourth-order valence-electron chi connectivity index (χ4n) is 2.55. The van der Waals surface area contributed by atoms with Crippen LogP contribution in [0.25, 0.3) is 0 Å². The minimum atomic E-state index is -0.462. The molecule has 0 aliphatic carbocycles. The first-order valence-corrected chi connectivity index (χ1v) is 9.04. The Labute approximate surface area is 152 Å². The highest BCUT2D eigenvalue weighted by atomic mass is 35.5. The molecule has 2 amide bonds. The maximum absolute atomic E-state index is 12.4. The van der Waals surface area contributed by atoms with E-state index < -0.39 is 6.04 Å². The number of nitrogens with zero attached hydrogens (tertiary/aromatic N) is 2. The average molecular weight is 374 g/mol. The van der Waals surface area contributed by atoms with Gasteiger partial charge in [0.05, 0.1) is 6.04 Å². The number of amides is 2. The van der Waals surface area contributed by atoms with E-state index in [0.717, 1.165) is 5.75 Å². The number of thioether (sulfide) groups is 1. The Morgan fingerprint density at radius 3 is 2.46 bits per heavy atom. The topological polar surface area (TPSA) is 86.9 Å². The number of hydrogen-bond donors (Lipinski definition) is 2. The molecular formula is C16H24ClN3O3S. The Balaban J connectivity index is 0.00000288. The van der Waals surface area contributed by atoms with Gasteiger partial charge < -0.3 is 20.6 Å². The van der Waals surface area contributed by atoms with Gasteiger partial charge in [-0.3, -0.25) is 9.59 Å². The van der Waals surface area contributed by atoms with Crippen LogP contribution in [-0.4, -0.2) is 71.0 Å². The van der Waals surface area contributed by atoms with Crippen molar-refractivity contribution in [3.05, 3.63) is 29.8 Å². The summed E-state index contributed by atoms with van der Waals surface area (Å²) in [5.41, 5.74) is 6.38. The zero-order valence-electron chi connectivity index (χ0n) is 13.7. The lowest BCUT2D eigenvalue weighted by Crippen LogP contribution is -2.54. The molecule has 1 aromatic carbocycles. The SMILES string of the molecule is CSCC[C@H](N)C(=O)N1CCN(C(=O)c2cccc(O)c2)CC1.Cl. The van der Waals surface area contributed by atoms with E-state index in [0.29, 0.717) is 38.2 Å². The number of nitrogens with two attached hydrogens (primary N) is 1. The summed E-state index contributed by atoms with van der Waals surface area (Å²) in [6.07, 6.45) is 2.66. The van der Waals surface area contributed by atoms with E-state index in [4.69, 9.17) is 5.73 Å². The lowest BCUT2D eigenvalue weighted by Gasteiger charge is -2.36. The number of halogens is 1. The van der Waals surface area contributed by atoms with E-state index in [1.165, 1.54) is 12.1 Å². The monoisotopic (exact) mass is 373 g/mol. The minimum Gasteiger partial charge on any atom is -0.508 e. The Kier molecular flexibility index (Phi) is 8.38. The molecule has 3 N–H and O–H groups in total. The Bertz CT molecular complexity index is 565. The standard InChI is InChI=1S/C16H23N3O3S.ClH/c1-23-10-5-14(17)16(22)19-8-6-18(7-9-19)15(21)12-3-2-4-13(20)11-12;/h2-4,11,14,20H,5-10,17H2,1H3;1H/t14-;/m0./s1. The Morgan fingerprint density at radius 1 is 1.25 bits per heavy atom. The van der Waals surface area contributed by atoms with Gasteiger partial charge in [-0.15, -0.1) is 12.4 Å². The zero-order valence-corrected chi connectivity index (χ0v) is 15.3. The van der Waals surface area contributed by atoms with Crippen molar-refractivity contribution in [1.29, 1.82) is 0 Å². The van der Waals surface area contributed by atoms with Gasteiger partial charge in [0.15, 0.2) is 0 Å². The fraction of sp³-hybridized carbons (Fsp3) is 0.500. The maximum atomic E-state index is 12.4. The van der Waals surface area contributed by atoms with Gasteiger partial charge in [-0.05, 0) is 36.6 Å². The quantitative estimate of drug-likeness (QED) is 0.809. The van der Waals surface area contributed by atoms with Crippen molar-refractivity contribution in [2.24, 2.45) is 5.73 Å². The van der Waals surface area contributed by atoms with Crippen molar-refractivity contribution in [1.82, 2.24) is 9.80 Å². The molecule has 134 valence electrons. The second-order valence-electron chi connectivity index (χ2n) is 5.56. The number of piperazine rings is 1. The molecule has 0 radical (unpaired) electrons. The predicted octanol–water partition coefficient (Wildman–Crippen LogP) is 1.18. The third kappa shape index (κ3) is 5.29. The Hall–Kier alpha value is -1.44. The largest absolute Gasteiger partial charge is 0.508 e. The van der Waals surface area contributed by atoms with Crippen molar-refractivity contribution >= 4 is 36.0 Å². The lowest BCUT2D eigenvalue weighted by molar-refractivity contribution is -0.134. The third-order valence-electron chi connectivity index (χ3n) is 3.92. The first-order valence-electron chi connectivity index (χ1n) is 7.64. The third-order valence-corrected chi connectivity index (χ3v) is 4.57. The number of carbonyl (C=O) groups is 2. The maximum Gasteiger partial charge on any atom is 0.254 e. The number of phenolic OH excluding ortho intramolecular Hbond substituents is 1. The van der Waals surface area contributed by atoms with E-state index >= 15 is 0 Å². The predicted molar refractivity (Wildman–Crippen MR) is 98.8 cm³/mol. The molecule has 0 aromatic heterocycles. The van der Waals surface area contributed by atoms with E-state index in [-0.39, 0.29) is 30.0 Å². The molecule has 1 aromatic rings. The highest BCUT2D eigenvalue weighted by Gasteiger charge is 2.27. The van der Waals surface area contributed by atoms with Crippen LogP contribution >= 0.6 is 24.2 Å². The van der Waals surface area contributed by atoms with Gasteiger partial charge in [-0.25, -0.2) is 0 Å². The van der Waals surface area contributed by atoms with Crippen molar-refractivity contribution in [3.63, 3.8) is 0 Å². The van der Waals surface area contributed by atoms with Crippen molar-refractivity contribution in [2.45, 2.75) is 12.5 Å². The normalized spacial score (nSPS) is 15.6. The van der Waals surface area contributed by atoms with Gasteiger partial charge in [-0.2, -0.15) is 11.8 Å². The number of benzene rings is 1. The molecule has 1 aliphatic heterocycles. The van der Waals surface area contributed by atoms with Crippen LogP contribution in [0, 0.1) is 0 Å². The van der Waals surface area contributed by atoms with Gasteiger partial charge in [-0.1, -0.05) is 6.07 Å². The van der Waals surface area contributed by atoms with Gasteiger partial charge in [0.1, 0.15) is 5.75 Å². The zero-order chi connectivity index (χ0) is 16.8. The van der Waals surface area contributed by atoms with Crippen LogP contribution in [0.1, 0.15) is 16.8 Å². The number of rotatable bonds is 5. The molecule has 0 unspecified atom stereocenters.